The Bertz CT molecular complexity index is 412. The van der Waals surface area contributed by atoms with E-state index >= 15 is 0 Å². The summed E-state index contributed by atoms with van der Waals surface area (Å²) >= 11 is 0. The van der Waals surface area contributed by atoms with Crippen molar-refractivity contribution in [3.05, 3.63) is 0 Å². The topological polar surface area (TPSA) is 104 Å². The van der Waals surface area contributed by atoms with Crippen LogP contribution in [0, 0.1) is 5.41 Å². The fraction of sp³-hybridized carbons (Fsp3) is 0.769. The lowest BCUT2D eigenvalue weighted by Crippen LogP contribution is -2.48. The number of rotatable bonds is 5. The maximum atomic E-state index is 12.4. The van der Waals surface area contributed by atoms with Crippen LogP contribution in [-0.4, -0.2) is 58.5 Å². The summed E-state index contributed by atoms with van der Waals surface area (Å²) in [7, 11) is 0. The number of carboxylic acids is 1. The molecule has 0 radical (unpaired) electrons. The third-order valence-corrected chi connectivity index (χ3v) is 3.93. The average molecular weight is 285 g/mol. The smallest absolute Gasteiger partial charge is 0.320 e. The molecule has 3 N–H and O–H groups in total. The molecule has 1 aliphatic rings. The fourth-order valence-corrected chi connectivity index (χ4v) is 2.51. The monoisotopic (exact) mass is 285 g/mol. The number of amides is 3. The molecule has 0 saturated carbocycles. The molecule has 1 heterocycles. The molecule has 114 valence electrons. The summed E-state index contributed by atoms with van der Waals surface area (Å²) in [6, 6.07) is -0.614. The van der Waals surface area contributed by atoms with E-state index in [1.165, 1.54) is 4.90 Å². The molecule has 1 aliphatic heterocycles. The summed E-state index contributed by atoms with van der Waals surface area (Å²) in [5.74, 6) is -1.35. The highest BCUT2D eigenvalue weighted by atomic mass is 16.4. The van der Waals surface area contributed by atoms with Crippen molar-refractivity contribution in [1.29, 1.82) is 0 Å². The van der Waals surface area contributed by atoms with E-state index in [0.717, 1.165) is 0 Å². The van der Waals surface area contributed by atoms with Gasteiger partial charge in [0.05, 0.1) is 11.8 Å². The first-order valence-electron chi connectivity index (χ1n) is 6.78. The number of urea groups is 1. The fourth-order valence-electron chi connectivity index (χ4n) is 2.51. The highest BCUT2D eigenvalue weighted by Gasteiger charge is 2.42. The summed E-state index contributed by atoms with van der Waals surface area (Å²) in [4.78, 5) is 37.7. The van der Waals surface area contributed by atoms with Crippen molar-refractivity contribution >= 4 is 17.9 Å². The Hall–Kier alpha value is -1.79. The molecular weight excluding hydrogens is 262 g/mol. The molecule has 1 rings (SSSR count). The predicted octanol–water partition coefficient (Wildman–Crippen LogP) is 0.489. The van der Waals surface area contributed by atoms with E-state index in [2.05, 4.69) is 0 Å². The predicted molar refractivity (Wildman–Crippen MR) is 73.0 cm³/mol. The standard InChI is InChI=1S/C13H23N3O4/c1-4-16(9(2)7-10(17)18)12(20)15-6-5-13(3,8-15)11(14)19/h9H,4-8H2,1-3H3,(H2,14,19)(H,17,18). The highest BCUT2D eigenvalue weighted by molar-refractivity contribution is 5.83. The number of carbonyl (C=O) groups excluding carboxylic acids is 2. The first-order valence-corrected chi connectivity index (χ1v) is 6.78. The van der Waals surface area contributed by atoms with Crippen molar-refractivity contribution in [3.8, 4) is 0 Å². The van der Waals surface area contributed by atoms with Crippen molar-refractivity contribution in [1.82, 2.24) is 9.80 Å². The molecule has 0 aromatic heterocycles. The molecule has 0 aliphatic carbocycles. The molecule has 7 heteroatoms. The van der Waals surface area contributed by atoms with Gasteiger partial charge >= 0.3 is 12.0 Å². The SMILES string of the molecule is CCN(C(=O)N1CCC(C)(C(N)=O)C1)C(C)CC(=O)O. The summed E-state index contributed by atoms with van der Waals surface area (Å²) in [5, 5.41) is 8.82. The Balaban J connectivity index is 2.74. The maximum absolute atomic E-state index is 12.4. The lowest BCUT2D eigenvalue weighted by molar-refractivity contribution is -0.138. The largest absolute Gasteiger partial charge is 0.481 e. The van der Waals surface area contributed by atoms with Crippen LogP contribution in [0.15, 0.2) is 0 Å². The van der Waals surface area contributed by atoms with E-state index in [0.29, 0.717) is 19.5 Å². The number of carbonyl (C=O) groups is 3. The lowest BCUT2D eigenvalue weighted by Gasteiger charge is -2.32. The zero-order valence-corrected chi connectivity index (χ0v) is 12.3. The van der Waals surface area contributed by atoms with Gasteiger partial charge < -0.3 is 20.6 Å². The van der Waals surface area contributed by atoms with Gasteiger partial charge in [-0.3, -0.25) is 9.59 Å². The van der Waals surface area contributed by atoms with Gasteiger partial charge in [-0.15, -0.1) is 0 Å². The number of hydrogen-bond acceptors (Lipinski definition) is 3. The van der Waals surface area contributed by atoms with Gasteiger partial charge in [-0.1, -0.05) is 0 Å². The second-order valence-electron chi connectivity index (χ2n) is 5.61. The molecule has 20 heavy (non-hydrogen) atoms. The van der Waals surface area contributed by atoms with Crippen molar-refractivity contribution in [2.45, 2.75) is 39.7 Å². The quantitative estimate of drug-likeness (QED) is 0.767. The summed E-state index contributed by atoms with van der Waals surface area (Å²) in [6.45, 7) is 6.45. The number of likely N-dealkylation sites (tertiary alicyclic amines) is 1. The highest BCUT2D eigenvalue weighted by Crippen LogP contribution is 2.30. The van der Waals surface area contributed by atoms with Crippen LogP contribution in [0.3, 0.4) is 0 Å². The Morgan fingerprint density at radius 2 is 2.05 bits per heavy atom. The Labute approximate surface area is 118 Å². The molecule has 1 saturated heterocycles. The van der Waals surface area contributed by atoms with Crippen LogP contribution in [0.4, 0.5) is 4.79 Å². The van der Waals surface area contributed by atoms with E-state index < -0.39 is 17.3 Å². The van der Waals surface area contributed by atoms with Crippen molar-refractivity contribution < 1.29 is 19.5 Å². The Morgan fingerprint density at radius 3 is 2.45 bits per heavy atom. The van der Waals surface area contributed by atoms with E-state index in [1.807, 2.05) is 0 Å². The Morgan fingerprint density at radius 1 is 1.45 bits per heavy atom. The Kier molecular flexibility index (Phi) is 4.97. The molecule has 3 amide bonds. The molecule has 2 unspecified atom stereocenters. The van der Waals surface area contributed by atoms with Gasteiger partial charge in [0.1, 0.15) is 0 Å². The van der Waals surface area contributed by atoms with E-state index in [9.17, 15) is 14.4 Å². The van der Waals surface area contributed by atoms with Gasteiger partial charge in [0.2, 0.25) is 5.91 Å². The second kappa shape index (κ2) is 6.11. The van der Waals surface area contributed by atoms with Gasteiger partial charge in [0.25, 0.3) is 0 Å². The van der Waals surface area contributed by atoms with E-state index in [4.69, 9.17) is 10.8 Å². The number of nitrogens with two attached hydrogens (primary N) is 1. The molecule has 0 aromatic rings. The van der Waals surface area contributed by atoms with Gasteiger partial charge in [-0.25, -0.2) is 4.79 Å². The molecule has 2 atom stereocenters. The van der Waals surface area contributed by atoms with Crippen molar-refractivity contribution in [3.63, 3.8) is 0 Å². The molecule has 7 nitrogen and oxygen atoms in total. The van der Waals surface area contributed by atoms with Crippen LogP contribution >= 0.6 is 0 Å². The van der Waals surface area contributed by atoms with Crippen LogP contribution in [0.1, 0.15) is 33.6 Å². The lowest BCUT2D eigenvalue weighted by atomic mass is 9.89. The van der Waals surface area contributed by atoms with E-state index in [-0.39, 0.29) is 25.0 Å². The van der Waals surface area contributed by atoms with E-state index in [1.54, 1.807) is 25.7 Å². The van der Waals surface area contributed by atoms with Gasteiger partial charge in [-0.2, -0.15) is 0 Å². The van der Waals surface area contributed by atoms with Crippen LogP contribution in [-0.2, 0) is 9.59 Å². The molecule has 1 fully saturated rings. The van der Waals surface area contributed by atoms with Crippen molar-refractivity contribution in [2.24, 2.45) is 11.1 Å². The number of nitrogens with zero attached hydrogens (tertiary/aromatic N) is 2. The molecule has 0 bridgehead atoms. The van der Waals surface area contributed by atoms with Crippen LogP contribution in [0.25, 0.3) is 0 Å². The summed E-state index contributed by atoms with van der Waals surface area (Å²) in [6.07, 6.45) is 0.444. The van der Waals surface area contributed by atoms with Crippen LogP contribution in [0.2, 0.25) is 0 Å². The summed E-state index contributed by atoms with van der Waals surface area (Å²) in [5.41, 5.74) is 4.67. The zero-order valence-electron chi connectivity index (χ0n) is 12.3. The van der Waals surface area contributed by atoms with Crippen molar-refractivity contribution in [2.75, 3.05) is 19.6 Å². The first kappa shape index (κ1) is 16.3. The third-order valence-electron chi connectivity index (χ3n) is 3.93. The number of aliphatic carboxylic acids is 1. The molecule has 0 spiro atoms. The van der Waals surface area contributed by atoms with Gasteiger partial charge in [-0.05, 0) is 27.2 Å². The minimum Gasteiger partial charge on any atom is -0.481 e. The maximum Gasteiger partial charge on any atom is 0.320 e. The number of hydrogen-bond donors (Lipinski definition) is 2. The van der Waals surface area contributed by atoms with Gasteiger partial charge in [0, 0.05) is 25.7 Å². The molecule has 0 aromatic carbocycles. The van der Waals surface area contributed by atoms with Gasteiger partial charge in [0.15, 0.2) is 0 Å². The second-order valence-corrected chi connectivity index (χ2v) is 5.61. The van der Waals surface area contributed by atoms with Crippen LogP contribution < -0.4 is 5.73 Å². The molecular formula is C13H23N3O4. The third kappa shape index (κ3) is 3.40. The van der Waals surface area contributed by atoms with Crippen LogP contribution in [0.5, 0.6) is 0 Å². The number of carboxylic acid groups (broad SMARTS) is 1. The summed E-state index contributed by atoms with van der Waals surface area (Å²) < 4.78 is 0. The number of primary amides is 1. The normalized spacial score (nSPS) is 23.4. The minimum atomic E-state index is -0.938. The average Bonchev–Trinajstić information content (AvgIpc) is 2.73. The first-order chi connectivity index (χ1) is 9.21. The minimum absolute atomic E-state index is 0.0967. The zero-order chi connectivity index (χ0) is 15.5.